The number of rotatable bonds is 8. The number of amides is 1. The molecule has 1 amide bonds. The van der Waals surface area contributed by atoms with E-state index in [2.05, 4.69) is 25.9 Å². The third kappa shape index (κ3) is 6.52. The lowest BCUT2D eigenvalue weighted by atomic mass is 10.0. The van der Waals surface area contributed by atoms with E-state index in [1.54, 1.807) is 20.2 Å². The van der Waals surface area contributed by atoms with Crippen LogP contribution in [-0.4, -0.2) is 59.0 Å². The number of hydrogen-bond acceptors (Lipinski definition) is 8. The smallest absolute Gasteiger partial charge is 0.394 e. The topological polar surface area (TPSA) is 112 Å². The zero-order chi connectivity index (χ0) is 24.9. The second-order valence-corrected chi connectivity index (χ2v) is 7.88. The number of halogens is 4. The average Bonchev–Trinajstić information content (AvgIpc) is 2.77. The molecule has 0 spiro atoms. The van der Waals surface area contributed by atoms with E-state index in [4.69, 9.17) is 9.94 Å². The molecule has 4 N–H and O–H groups in total. The number of hydroxylamine groups is 2. The Kier molecular flexibility index (Phi) is 8.23. The van der Waals surface area contributed by atoms with Gasteiger partial charge in [-0.25, -0.2) is 19.2 Å². The molecule has 1 aromatic heterocycles. The highest BCUT2D eigenvalue weighted by Crippen LogP contribution is 2.32. The van der Waals surface area contributed by atoms with E-state index in [0.717, 1.165) is 17.7 Å². The molecule has 0 saturated carbocycles. The number of likely N-dealkylation sites (N-methyl/N-ethyl adjacent to an activating group) is 1. The van der Waals surface area contributed by atoms with E-state index in [9.17, 15) is 22.4 Å². The first-order chi connectivity index (χ1) is 16.1. The van der Waals surface area contributed by atoms with Crippen molar-refractivity contribution in [3.8, 4) is 0 Å². The molecule has 9 nitrogen and oxygen atoms in total. The summed E-state index contributed by atoms with van der Waals surface area (Å²) in [7, 11) is 1.59. The molecule has 1 aromatic carbocycles. The Balaban J connectivity index is 1.65. The highest BCUT2D eigenvalue weighted by atomic mass is 19.4. The minimum atomic E-state index is -4.81. The molecule has 2 atom stereocenters. The van der Waals surface area contributed by atoms with E-state index in [-0.39, 0.29) is 31.3 Å². The molecule has 3 rings (SSSR count). The molecule has 186 valence electrons. The van der Waals surface area contributed by atoms with Crippen molar-refractivity contribution in [2.75, 3.05) is 32.1 Å². The van der Waals surface area contributed by atoms with Crippen molar-refractivity contribution < 1.29 is 32.3 Å². The van der Waals surface area contributed by atoms with Crippen LogP contribution < -0.4 is 16.0 Å². The number of carbonyl (C=O) groups excluding carboxylic acids is 1. The van der Waals surface area contributed by atoms with Gasteiger partial charge in [0.25, 0.3) is 0 Å². The fourth-order valence-corrected chi connectivity index (χ4v) is 3.41. The van der Waals surface area contributed by atoms with Crippen LogP contribution in [0.15, 0.2) is 24.4 Å². The normalized spacial score (nSPS) is 15.9. The summed E-state index contributed by atoms with van der Waals surface area (Å²) in [6.45, 7) is 2.39. The molecule has 0 radical (unpaired) electrons. The molecule has 1 aliphatic rings. The van der Waals surface area contributed by atoms with Gasteiger partial charge in [0.2, 0.25) is 5.95 Å². The quantitative estimate of drug-likeness (QED) is 0.421. The average molecular weight is 486 g/mol. The first-order valence-electron chi connectivity index (χ1n) is 10.6. The summed E-state index contributed by atoms with van der Waals surface area (Å²) in [5, 5.41) is 18.9. The molecule has 2 heterocycles. The first-order valence-corrected chi connectivity index (χ1v) is 10.6. The summed E-state index contributed by atoms with van der Waals surface area (Å²) in [4.78, 5) is 26.5. The Morgan fingerprint density at radius 2 is 2.12 bits per heavy atom. The van der Waals surface area contributed by atoms with Gasteiger partial charge in [0.1, 0.15) is 5.82 Å². The first kappa shape index (κ1) is 25.6. The van der Waals surface area contributed by atoms with Crippen molar-refractivity contribution in [1.29, 1.82) is 0 Å². The molecule has 2 aromatic rings. The molecule has 0 aliphatic carbocycles. The Morgan fingerprint density at radius 1 is 1.35 bits per heavy atom. The van der Waals surface area contributed by atoms with Crippen molar-refractivity contribution in [3.05, 3.63) is 52.6 Å². The van der Waals surface area contributed by atoms with Crippen LogP contribution in [0.3, 0.4) is 0 Å². The van der Waals surface area contributed by atoms with Crippen LogP contribution in [0.1, 0.15) is 35.3 Å². The molecular formula is C21H26F4N6O3. The molecule has 0 unspecified atom stereocenters. The van der Waals surface area contributed by atoms with Gasteiger partial charge in [-0.2, -0.15) is 13.2 Å². The van der Waals surface area contributed by atoms with Gasteiger partial charge in [0.15, 0.2) is 0 Å². The summed E-state index contributed by atoms with van der Waals surface area (Å²) in [6.07, 6.45) is -3.45. The number of nitrogens with one attached hydrogen (secondary N) is 3. The van der Waals surface area contributed by atoms with Crippen LogP contribution in [0.25, 0.3) is 0 Å². The van der Waals surface area contributed by atoms with Crippen LogP contribution in [0.5, 0.6) is 0 Å². The lowest BCUT2D eigenvalue weighted by Crippen LogP contribution is -2.41. The third-order valence-corrected chi connectivity index (χ3v) is 5.17. The predicted molar refractivity (Wildman–Crippen MR) is 114 cm³/mol. The van der Waals surface area contributed by atoms with Gasteiger partial charge in [-0.3, -0.25) is 0 Å². The van der Waals surface area contributed by atoms with Gasteiger partial charge in [0.05, 0.1) is 30.5 Å². The van der Waals surface area contributed by atoms with Gasteiger partial charge < -0.3 is 25.9 Å². The second-order valence-electron chi connectivity index (χ2n) is 7.88. The number of nitrogens with zero attached hydrogens (tertiary/aromatic N) is 3. The van der Waals surface area contributed by atoms with Crippen LogP contribution in [0.4, 0.5) is 28.3 Å². The van der Waals surface area contributed by atoms with Crippen LogP contribution in [0, 0.1) is 5.82 Å². The van der Waals surface area contributed by atoms with Gasteiger partial charge >= 0.3 is 12.3 Å². The predicted octanol–water partition coefficient (Wildman–Crippen LogP) is 2.39. The van der Waals surface area contributed by atoms with Gasteiger partial charge in [0, 0.05) is 25.3 Å². The zero-order valence-corrected chi connectivity index (χ0v) is 18.6. The van der Waals surface area contributed by atoms with E-state index >= 15 is 0 Å². The van der Waals surface area contributed by atoms with Gasteiger partial charge in [-0.15, -0.1) is 5.06 Å². The largest absolute Gasteiger partial charge is 0.426 e. The maximum Gasteiger partial charge on any atom is 0.426 e. The second kappa shape index (κ2) is 10.9. The fourth-order valence-electron chi connectivity index (χ4n) is 3.41. The minimum Gasteiger partial charge on any atom is -0.394 e. The molecule has 1 aliphatic heterocycles. The number of aliphatic hydroxyl groups is 1. The summed E-state index contributed by atoms with van der Waals surface area (Å²) in [5.74, 6) is -1.08. The Labute approximate surface area is 193 Å². The molecule has 0 saturated heterocycles. The van der Waals surface area contributed by atoms with E-state index in [0.29, 0.717) is 30.7 Å². The number of fused-ring (bicyclic) bond motifs is 1. The molecular weight excluding hydrogens is 460 g/mol. The number of alkyl halides is 3. The Hall–Kier alpha value is -3.03. The standard InChI is InChI=1S/C21H26F4N6O3/c1-12(11-32)28-19-27-8-14-5-6-31(10-18(14)29-19)34-20(33)30-17(9-26-2)13-3-4-15(16(22)7-13)21(23,24)25/h3-4,7-8,12,17,26,32H,5-6,9-11H2,1-2H3,(H,30,33)(H,27,28,29)/t12-,17+/m0/s1. The van der Waals surface area contributed by atoms with Crippen LogP contribution in [0.2, 0.25) is 0 Å². The molecule has 13 heteroatoms. The van der Waals surface area contributed by atoms with Crippen LogP contribution >= 0.6 is 0 Å². The van der Waals surface area contributed by atoms with Gasteiger partial charge in [-0.05, 0) is 43.7 Å². The molecule has 34 heavy (non-hydrogen) atoms. The van der Waals surface area contributed by atoms with Crippen LogP contribution in [-0.2, 0) is 24.0 Å². The summed E-state index contributed by atoms with van der Waals surface area (Å²) < 4.78 is 52.5. The van der Waals surface area contributed by atoms with Crippen molar-refractivity contribution in [2.24, 2.45) is 0 Å². The number of carbonyl (C=O) groups is 1. The van der Waals surface area contributed by atoms with E-state index in [1.807, 2.05) is 0 Å². The number of benzene rings is 1. The Morgan fingerprint density at radius 3 is 2.76 bits per heavy atom. The third-order valence-electron chi connectivity index (χ3n) is 5.17. The fraction of sp³-hybridized carbons (Fsp3) is 0.476. The van der Waals surface area contributed by atoms with Gasteiger partial charge in [-0.1, -0.05) is 6.07 Å². The van der Waals surface area contributed by atoms with Crippen molar-refractivity contribution in [1.82, 2.24) is 25.7 Å². The van der Waals surface area contributed by atoms with Crippen molar-refractivity contribution in [3.63, 3.8) is 0 Å². The van der Waals surface area contributed by atoms with E-state index in [1.165, 1.54) is 5.06 Å². The maximum absolute atomic E-state index is 14.0. The SMILES string of the molecule is CNC[C@@H](NC(=O)ON1CCc2cnc(N[C@@H](C)CO)nc2C1)c1ccc(C(F)(F)F)c(F)c1. The zero-order valence-electron chi connectivity index (χ0n) is 18.6. The summed E-state index contributed by atoms with van der Waals surface area (Å²) in [6, 6.07) is 1.44. The molecule has 0 fully saturated rings. The maximum atomic E-state index is 14.0. The minimum absolute atomic E-state index is 0.0908. The van der Waals surface area contributed by atoms with Crippen molar-refractivity contribution >= 4 is 12.0 Å². The lowest BCUT2D eigenvalue weighted by Gasteiger charge is -2.28. The Bertz CT molecular complexity index is 1010. The van der Waals surface area contributed by atoms with E-state index < -0.39 is 29.7 Å². The highest BCUT2D eigenvalue weighted by Gasteiger charge is 2.34. The lowest BCUT2D eigenvalue weighted by molar-refractivity contribution is -0.140. The number of aliphatic hydroxyl groups excluding tert-OH is 1. The number of hydrogen-bond donors (Lipinski definition) is 4. The summed E-state index contributed by atoms with van der Waals surface area (Å²) >= 11 is 0. The summed E-state index contributed by atoms with van der Waals surface area (Å²) in [5.41, 5.74) is 0.328. The highest BCUT2D eigenvalue weighted by molar-refractivity contribution is 5.67. The number of anilines is 1. The number of aromatic nitrogens is 2. The van der Waals surface area contributed by atoms with Crippen molar-refractivity contribution in [2.45, 2.75) is 38.1 Å². The molecule has 0 bridgehead atoms. The monoisotopic (exact) mass is 486 g/mol.